The summed E-state index contributed by atoms with van der Waals surface area (Å²) >= 11 is 0. The monoisotopic (exact) mass is 332 g/mol. The molecule has 1 aromatic heterocycles. The van der Waals surface area contributed by atoms with Gasteiger partial charge >= 0.3 is 0 Å². The second kappa shape index (κ2) is 8.49. The van der Waals surface area contributed by atoms with Crippen molar-refractivity contribution < 1.29 is 0 Å². The highest BCUT2D eigenvalue weighted by Crippen LogP contribution is 2.23. The standard InChI is InChI=1S/C18H32N6/c1-3-19-18(20-11-15-7-5-4-6-8-15)21-12-16-9-10-17-23-22-14(2)24(17)13-16/h15-16H,3-13H2,1-2H3,(H2,19,20,21). The lowest BCUT2D eigenvalue weighted by atomic mass is 9.89. The van der Waals surface area contributed by atoms with Gasteiger partial charge in [0.05, 0.1) is 0 Å². The Morgan fingerprint density at radius 2 is 1.96 bits per heavy atom. The van der Waals surface area contributed by atoms with Crippen LogP contribution in [0, 0.1) is 18.8 Å². The molecule has 0 amide bonds. The molecule has 0 spiro atoms. The largest absolute Gasteiger partial charge is 0.357 e. The molecular formula is C18H32N6. The number of aliphatic imine (C=N–C) groups is 1. The molecule has 1 aromatic rings. The van der Waals surface area contributed by atoms with Gasteiger partial charge in [0.15, 0.2) is 5.96 Å². The lowest BCUT2D eigenvalue weighted by Gasteiger charge is -2.24. The van der Waals surface area contributed by atoms with Crippen LogP contribution in [-0.2, 0) is 13.0 Å². The zero-order chi connectivity index (χ0) is 16.8. The first kappa shape index (κ1) is 17.2. The van der Waals surface area contributed by atoms with Gasteiger partial charge in [-0.3, -0.25) is 4.99 Å². The number of fused-ring (bicyclic) bond motifs is 1. The van der Waals surface area contributed by atoms with Crippen LogP contribution < -0.4 is 10.6 Å². The normalized spacial score (nSPS) is 22.2. The lowest BCUT2D eigenvalue weighted by molar-refractivity contribution is 0.354. The molecular weight excluding hydrogens is 300 g/mol. The van der Waals surface area contributed by atoms with E-state index in [1.54, 1.807) is 0 Å². The van der Waals surface area contributed by atoms with Crippen LogP contribution in [0.5, 0.6) is 0 Å². The van der Waals surface area contributed by atoms with Crippen molar-refractivity contribution in [2.45, 2.75) is 65.3 Å². The fourth-order valence-corrected chi connectivity index (χ4v) is 3.87. The van der Waals surface area contributed by atoms with Crippen molar-refractivity contribution in [1.29, 1.82) is 0 Å². The van der Waals surface area contributed by atoms with Gasteiger partial charge in [-0.15, -0.1) is 10.2 Å². The molecule has 24 heavy (non-hydrogen) atoms. The van der Waals surface area contributed by atoms with E-state index in [4.69, 9.17) is 4.99 Å². The van der Waals surface area contributed by atoms with E-state index in [1.165, 1.54) is 32.1 Å². The second-order valence-corrected chi connectivity index (χ2v) is 7.28. The van der Waals surface area contributed by atoms with E-state index in [-0.39, 0.29) is 0 Å². The van der Waals surface area contributed by atoms with Crippen LogP contribution in [0.4, 0.5) is 0 Å². The summed E-state index contributed by atoms with van der Waals surface area (Å²) in [6.45, 7) is 8.01. The molecule has 0 aromatic carbocycles. The Morgan fingerprint density at radius 3 is 2.75 bits per heavy atom. The SMILES string of the molecule is CCNC(=NCC1CCc2nnc(C)n2C1)NCC1CCCCC1. The molecule has 0 saturated heterocycles. The predicted molar refractivity (Wildman–Crippen MR) is 97.1 cm³/mol. The molecule has 1 atom stereocenters. The third kappa shape index (κ3) is 4.48. The molecule has 1 saturated carbocycles. The number of nitrogens with one attached hydrogen (secondary N) is 2. The summed E-state index contributed by atoms with van der Waals surface area (Å²) in [5, 5.41) is 15.4. The molecule has 2 aliphatic rings. The highest BCUT2D eigenvalue weighted by atomic mass is 15.3. The predicted octanol–water partition coefficient (Wildman–Crippen LogP) is 2.28. The first-order valence-corrected chi connectivity index (χ1v) is 9.67. The number of hydrogen-bond donors (Lipinski definition) is 2. The van der Waals surface area contributed by atoms with Crippen molar-refractivity contribution in [3.8, 4) is 0 Å². The van der Waals surface area contributed by atoms with Gasteiger partial charge in [0.2, 0.25) is 0 Å². The van der Waals surface area contributed by atoms with Gasteiger partial charge in [-0.2, -0.15) is 0 Å². The minimum absolute atomic E-state index is 0.581. The average molecular weight is 332 g/mol. The Hall–Kier alpha value is -1.59. The molecule has 1 aliphatic heterocycles. The fraction of sp³-hybridized carbons (Fsp3) is 0.833. The van der Waals surface area contributed by atoms with Crippen LogP contribution in [0.15, 0.2) is 4.99 Å². The maximum atomic E-state index is 4.85. The third-order valence-corrected chi connectivity index (χ3v) is 5.36. The van der Waals surface area contributed by atoms with E-state index in [9.17, 15) is 0 Å². The molecule has 2 heterocycles. The van der Waals surface area contributed by atoms with Crippen LogP contribution in [0.25, 0.3) is 0 Å². The topological polar surface area (TPSA) is 67.1 Å². The summed E-state index contributed by atoms with van der Waals surface area (Å²) in [5.41, 5.74) is 0. The molecule has 1 unspecified atom stereocenters. The average Bonchev–Trinajstić information content (AvgIpc) is 2.99. The summed E-state index contributed by atoms with van der Waals surface area (Å²) in [7, 11) is 0. The first-order chi connectivity index (χ1) is 11.8. The Kier molecular flexibility index (Phi) is 6.10. The van der Waals surface area contributed by atoms with Gasteiger partial charge in [-0.1, -0.05) is 19.3 Å². The van der Waals surface area contributed by atoms with Crippen LogP contribution in [0.1, 0.15) is 57.1 Å². The van der Waals surface area contributed by atoms with Crippen molar-refractivity contribution in [2.24, 2.45) is 16.8 Å². The van der Waals surface area contributed by atoms with E-state index in [2.05, 4.69) is 32.3 Å². The molecule has 1 aliphatic carbocycles. The number of rotatable bonds is 5. The van der Waals surface area contributed by atoms with Crippen molar-refractivity contribution in [1.82, 2.24) is 25.4 Å². The minimum atomic E-state index is 0.581. The Labute approximate surface area is 145 Å². The number of nitrogens with zero attached hydrogens (tertiary/aromatic N) is 4. The highest BCUT2D eigenvalue weighted by Gasteiger charge is 2.21. The maximum Gasteiger partial charge on any atom is 0.191 e. The summed E-state index contributed by atoms with van der Waals surface area (Å²) in [6.07, 6.45) is 9.11. The molecule has 6 nitrogen and oxygen atoms in total. The fourth-order valence-electron chi connectivity index (χ4n) is 3.87. The van der Waals surface area contributed by atoms with Gasteiger partial charge in [-0.25, -0.2) is 0 Å². The Bertz CT molecular complexity index is 544. The third-order valence-electron chi connectivity index (χ3n) is 5.36. The van der Waals surface area contributed by atoms with E-state index >= 15 is 0 Å². The number of guanidine groups is 1. The Morgan fingerprint density at radius 1 is 1.12 bits per heavy atom. The Balaban J connectivity index is 1.51. The van der Waals surface area contributed by atoms with Gasteiger partial charge in [0.1, 0.15) is 11.6 Å². The molecule has 2 N–H and O–H groups in total. The van der Waals surface area contributed by atoms with Gasteiger partial charge in [0.25, 0.3) is 0 Å². The number of hydrogen-bond acceptors (Lipinski definition) is 3. The highest BCUT2D eigenvalue weighted by molar-refractivity contribution is 5.79. The van der Waals surface area contributed by atoms with Crippen molar-refractivity contribution in [3.63, 3.8) is 0 Å². The first-order valence-electron chi connectivity index (χ1n) is 9.67. The molecule has 6 heteroatoms. The molecule has 0 bridgehead atoms. The van der Waals surface area contributed by atoms with E-state index < -0.39 is 0 Å². The van der Waals surface area contributed by atoms with Crippen molar-refractivity contribution in [3.05, 3.63) is 11.6 Å². The smallest absolute Gasteiger partial charge is 0.191 e. The second-order valence-electron chi connectivity index (χ2n) is 7.28. The zero-order valence-corrected chi connectivity index (χ0v) is 15.2. The van der Waals surface area contributed by atoms with Crippen LogP contribution in [-0.4, -0.2) is 40.4 Å². The van der Waals surface area contributed by atoms with E-state index in [0.29, 0.717) is 5.92 Å². The van der Waals surface area contributed by atoms with Gasteiger partial charge in [0, 0.05) is 32.6 Å². The number of aryl methyl sites for hydroxylation is 2. The van der Waals surface area contributed by atoms with Crippen LogP contribution in [0.2, 0.25) is 0 Å². The van der Waals surface area contributed by atoms with E-state index in [1.807, 2.05) is 6.92 Å². The number of aromatic nitrogens is 3. The van der Waals surface area contributed by atoms with Crippen LogP contribution in [0.3, 0.4) is 0 Å². The quantitative estimate of drug-likeness (QED) is 0.641. The molecule has 0 radical (unpaired) electrons. The summed E-state index contributed by atoms with van der Waals surface area (Å²) in [6, 6.07) is 0. The van der Waals surface area contributed by atoms with Gasteiger partial charge < -0.3 is 15.2 Å². The van der Waals surface area contributed by atoms with Crippen molar-refractivity contribution >= 4 is 5.96 Å². The summed E-state index contributed by atoms with van der Waals surface area (Å²) in [5.74, 6) is 4.54. The van der Waals surface area contributed by atoms with Crippen LogP contribution >= 0.6 is 0 Å². The maximum absolute atomic E-state index is 4.85. The molecule has 1 fully saturated rings. The minimum Gasteiger partial charge on any atom is -0.357 e. The summed E-state index contributed by atoms with van der Waals surface area (Å²) in [4.78, 5) is 4.85. The molecule has 134 valence electrons. The van der Waals surface area contributed by atoms with Crippen molar-refractivity contribution in [2.75, 3.05) is 19.6 Å². The van der Waals surface area contributed by atoms with Gasteiger partial charge in [-0.05, 0) is 44.9 Å². The zero-order valence-electron chi connectivity index (χ0n) is 15.2. The van der Waals surface area contributed by atoms with E-state index in [0.717, 1.165) is 62.5 Å². The lowest BCUT2D eigenvalue weighted by Crippen LogP contribution is -2.40. The molecule has 3 rings (SSSR count). The summed E-state index contributed by atoms with van der Waals surface area (Å²) < 4.78 is 2.26.